The molecule has 0 aliphatic heterocycles. The van der Waals surface area contributed by atoms with Crippen LogP contribution in [0.15, 0.2) is 78.9 Å². The molecule has 4 heteroatoms. The molecule has 23 heavy (non-hydrogen) atoms. The summed E-state index contributed by atoms with van der Waals surface area (Å²) in [7, 11) is 1.56. The summed E-state index contributed by atoms with van der Waals surface area (Å²) in [5.41, 5.74) is 0. The minimum Gasteiger partial charge on any atom is -0.508 e. The molecular weight excluding hydrogens is 292 g/mol. The Bertz CT molecular complexity index is 726. The number of para-hydroxylation sites is 3. The SMILES string of the molecule is COc1cccc(O)c1.Oc1ccccc1Oc1ccccc1. The molecule has 0 aliphatic carbocycles. The van der Waals surface area contributed by atoms with E-state index < -0.39 is 0 Å². The van der Waals surface area contributed by atoms with Gasteiger partial charge in [-0.25, -0.2) is 0 Å². The summed E-state index contributed by atoms with van der Waals surface area (Å²) in [5, 5.41) is 18.3. The van der Waals surface area contributed by atoms with Crippen LogP contribution in [0.1, 0.15) is 0 Å². The standard InChI is InChI=1S/C12H10O2.C7H8O2/c13-11-8-4-5-9-12(11)14-10-6-2-1-3-7-10;1-9-7-4-2-3-6(8)5-7/h1-9,13H;2-5,8H,1H3. The molecule has 0 saturated carbocycles. The third-order valence-electron chi connectivity index (χ3n) is 2.89. The highest BCUT2D eigenvalue weighted by molar-refractivity contribution is 5.41. The van der Waals surface area contributed by atoms with Crippen LogP contribution in [-0.4, -0.2) is 17.3 Å². The number of methoxy groups -OCH3 is 1. The Morgan fingerprint density at radius 2 is 1.35 bits per heavy atom. The smallest absolute Gasteiger partial charge is 0.169 e. The molecule has 3 aromatic carbocycles. The molecular formula is C19H18O4. The van der Waals surface area contributed by atoms with Crippen LogP contribution in [0.4, 0.5) is 0 Å². The molecule has 0 fully saturated rings. The number of aromatic hydroxyl groups is 2. The average Bonchev–Trinajstić information content (AvgIpc) is 2.58. The van der Waals surface area contributed by atoms with Gasteiger partial charge in [0.2, 0.25) is 0 Å². The van der Waals surface area contributed by atoms with Gasteiger partial charge in [-0.3, -0.25) is 0 Å². The first-order valence-corrected chi connectivity index (χ1v) is 7.03. The van der Waals surface area contributed by atoms with Gasteiger partial charge in [0.05, 0.1) is 7.11 Å². The maximum atomic E-state index is 9.45. The van der Waals surface area contributed by atoms with E-state index in [-0.39, 0.29) is 11.5 Å². The first-order chi connectivity index (χ1) is 11.2. The van der Waals surface area contributed by atoms with E-state index in [1.165, 1.54) is 0 Å². The lowest BCUT2D eigenvalue weighted by atomic mass is 10.3. The van der Waals surface area contributed by atoms with E-state index in [0.717, 1.165) is 0 Å². The fourth-order valence-corrected chi connectivity index (χ4v) is 1.77. The van der Waals surface area contributed by atoms with E-state index in [1.807, 2.05) is 36.4 Å². The Kier molecular flexibility index (Phi) is 5.89. The number of phenols is 2. The van der Waals surface area contributed by atoms with Crippen LogP contribution in [0.3, 0.4) is 0 Å². The molecule has 0 aromatic heterocycles. The van der Waals surface area contributed by atoms with Crippen LogP contribution in [0.2, 0.25) is 0 Å². The number of ether oxygens (including phenoxy) is 2. The van der Waals surface area contributed by atoms with Crippen molar-refractivity contribution >= 4 is 0 Å². The largest absolute Gasteiger partial charge is 0.508 e. The third kappa shape index (κ3) is 5.28. The summed E-state index contributed by atoms with van der Waals surface area (Å²) in [6.45, 7) is 0. The minimum atomic E-state index is 0.149. The van der Waals surface area contributed by atoms with E-state index in [9.17, 15) is 5.11 Å². The van der Waals surface area contributed by atoms with Gasteiger partial charge in [-0.15, -0.1) is 0 Å². The van der Waals surface area contributed by atoms with E-state index >= 15 is 0 Å². The molecule has 3 rings (SSSR count). The van der Waals surface area contributed by atoms with Crippen LogP contribution in [0.25, 0.3) is 0 Å². The molecule has 2 N–H and O–H groups in total. The zero-order valence-corrected chi connectivity index (χ0v) is 12.7. The number of phenolic OH excluding ortho intramolecular Hbond substituents is 2. The molecule has 0 amide bonds. The second-order valence-corrected chi connectivity index (χ2v) is 4.58. The second-order valence-electron chi connectivity index (χ2n) is 4.58. The van der Waals surface area contributed by atoms with Gasteiger partial charge in [0.1, 0.15) is 17.2 Å². The van der Waals surface area contributed by atoms with E-state index in [0.29, 0.717) is 17.2 Å². The van der Waals surface area contributed by atoms with Crippen molar-refractivity contribution in [3.8, 4) is 28.7 Å². The Hall–Kier alpha value is -3.14. The lowest BCUT2D eigenvalue weighted by molar-refractivity contribution is 0.407. The summed E-state index contributed by atoms with van der Waals surface area (Å²) in [4.78, 5) is 0. The van der Waals surface area contributed by atoms with E-state index in [4.69, 9.17) is 14.6 Å². The Morgan fingerprint density at radius 3 is 1.96 bits per heavy atom. The van der Waals surface area contributed by atoms with Gasteiger partial charge in [-0.05, 0) is 36.4 Å². The lowest BCUT2D eigenvalue weighted by Gasteiger charge is -2.06. The van der Waals surface area contributed by atoms with Crippen LogP contribution in [-0.2, 0) is 0 Å². The summed E-state index contributed by atoms with van der Waals surface area (Å²) >= 11 is 0. The maximum absolute atomic E-state index is 9.45. The molecule has 0 atom stereocenters. The summed E-state index contributed by atoms with van der Waals surface area (Å²) in [5.74, 6) is 2.24. The minimum absolute atomic E-state index is 0.149. The van der Waals surface area contributed by atoms with Crippen molar-refractivity contribution in [2.45, 2.75) is 0 Å². The van der Waals surface area contributed by atoms with Gasteiger partial charge in [0.15, 0.2) is 11.5 Å². The number of hydrogen-bond donors (Lipinski definition) is 2. The van der Waals surface area contributed by atoms with E-state index in [1.54, 1.807) is 49.6 Å². The molecule has 0 unspecified atom stereocenters. The van der Waals surface area contributed by atoms with Crippen molar-refractivity contribution in [3.63, 3.8) is 0 Å². The van der Waals surface area contributed by atoms with Crippen LogP contribution >= 0.6 is 0 Å². The van der Waals surface area contributed by atoms with Gasteiger partial charge in [0, 0.05) is 6.07 Å². The zero-order chi connectivity index (χ0) is 16.5. The van der Waals surface area contributed by atoms with Crippen LogP contribution in [0.5, 0.6) is 28.7 Å². The normalized spacial score (nSPS) is 9.43. The predicted molar refractivity (Wildman–Crippen MR) is 89.3 cm³/mol. The summed E-state index contributed by atoms with van der Waals surface area (Å²) in [6, 6.07) is 22.9. The number of rotatable bonds is 3. The highest BCUT2D eigenvalue weighted by atomic mass is 16.5. The van der Waals surface area contributed by atoms with E-state index in [2.05, 4.69) is 0 Å². The molecule has 0 saturated heterocycles. The molecule has 4 nitrogen and oxygen atoms in total. The molecule has 0 aliphatic rings. The average molecular weight is 310 g/mol. The Balaban J connectivity index is 0.000000185. The molecule has 0 spiro atoms. The number of hydrogen-bond acceptors (Lipinski definition) is 4. The quantitative estimate of drug-likeness (QED) is 0.743. The fraction of sp³-hybridized carbons (Fsp3) is 0.0526. The fourth-order valence-electron chi connectivity index (χ4n) is 1.77. The second kappa shape index (κ2) is 8.34. The highest BCUT2D eigenvalue weighted by Crippen LogP contribution is 2.29. The third-order valence-corrected chi connectivity index (χ3v) is 2.89. The molecule has 0 heterocycles. The predicted octanol–water partition coefficient (Wildman–Crippen LogP) is 4.59. The highest BCUT2D eigenvalue weighted by Gasteiger charge is 2.00. The van der Waals surface area contributed by atoms with Gasteiger partial charge < -0.3 is 19.7 Å². The van der Waals surface area contributed by atoms with Crippen LogP contribution in [0, 0.1) is 0 Å². The Morgan fingerprint density at radius 1 is 0.696 bits per heavy atom. The molecule has 0 bridgehead atoms. The summed E-state index contributed by atoms with van der Waals surface area (Å²) < 4.78 is 10.3. The van der Waals surface area contributed by atoms with Crippen LogP contribution < -0.4 is 9.47 Å². The van der Waals surface area contributed by atoms with Crippen molar-refractivity contribution < 1.29 is 19.7 Å². The Labute approximate surface area is 135 Å². The monoisotopic (exact) mass is 310 g/mol. The zero-order valence-electron chi connectivity index (χ0n) is 12.7. The summed E-state index contributed by atoms with van der Waals surface area (Å²) in [6.07, 6.45) is 0. The van der Waals surface area contributed by atoms with Crippen molar-refractivity contribution in [1.29, 1.82) is 0 Å². The first kappa shape index (κ1) is 16.2. The first-order valence-electron chi connectivity index (χ1n) is 7.03. The molecule has 3 aromatic rings. The van der Waals surface area contributed by atoms with Crippen molar-refractivity contribution in [2.75, 3.05) is 7.11 Å². The topological polar surface area (TPSA) is 58.9 Å². The maximum Gasteiger partial charge on any atom is 0.169 e. The van der Waals surface area contributed by atoms with Gasteiger partial charge in [-0.2, -0.15) is 0 Å². The van der Waals surface area contributed by atoms with Gasteiger partial charge in [-0.1, -0.05) is 36.4 Å². The van der Waals surface area contributed by atoms with Crippen molar-refractivity contribution in [1.82, 2.24) is 0 Å². The van der Waals surface area contributed by atoms with Crippen molar-refractivity contribution in [2.24, 2.45) is 0 Å². The number of benzene rings is 3. The van der Waals surface area contributed by atoms with Gasteiger partial charge in [0.25, 0.3) is 0 Å². The van der Waals surface area contributed by atoms with Crippen molar-refractivity contribution in [3.05, 3.63) is 78.9 Å². The van der Waals surface area contributed by atoms with Gasteiger partial charge >= 0.3 is 0 Å². The molecule has 0 radical (unpaired) electrons. The molecule has 118 valence electrons. The lowest BCUT2D eigenvalue weighted by Crippen LogP contribution is -1.83.